The summed E-state index contributed by atoms with van der Waals surface area (Å²) in [7, 11) is 1.91. The van der Waals surface area contributed by atoms with E-state index in [4.69, 9.17) is 9.47 Å². The summed E-state index contributed by atoms with van der Waals surface area (Å²) in [4.78, 5) is 11.1. The Morgan fingerprint density at radius 3 is 2.62 bits per heavy atom. The van der Waals surface area contributed by atoms with Gasteiger partial charge in [0.25, 0.3) is 0 Å². The summed E-state index contributed by atoms with van der Waals surface area (Å²) < 4.78 is 12.0. The molecular formula is C24H41IN4O2S. The number of nitrogens with zero attached hydrogens (tertiary/aromatic N) is 3. The van der Waals surface area contributed by atoms with Crippen molar-refractivity contribution in [1.82, 2.24) is 15.1 Å². The molecule has 0 aliphatic carbocycles. The predicted molar refractivity (Wildman–Crippen MR) is 143 cm³/mol. The first kappa shape index (κ1) is 26.2. The molecule has 0 aromatic carbocycles. The van der Waals surface area contributed by atoms with Crippen LogP contribution in [0.4, 0.5) is 0 Å². The maximum atomic E-state index is 6.17. The molecule has 3 fully saturated rings. The van der Waals surface area contributed by atoms with E-state index in [2.05, 4.69) is 37.6 Å². The van der Waals surface area contributed by atoms with Gasteiger partial charge in [0, 0.05) is 44.7 Å². The molecule has 1 N–H and O–H groups in total. The Morgan fingerprint density at radius 1 is 1.16 bits per heavy atom. The zero-order valence-electron chi connectivity index (χ0n) is 19.5. The largest absolute Gasteiger partial charge is 0.376 e. The van der Waals surface area contributed by atoms with Crippen LogP contribution in [0.5, 0.6) is 0 Å². The quantitative estimate of drug-likeness (QED) is 0.300. The molecule has 4 rings (SSSR count). The summed E-state index contributed by atoms with van der Waals surface area (Å²) in [6.45, 7) is 8.28. The standard InChI is InChI=1S/C24H40N4O2S.HI/c1-25-24(26-17-20-7-11-27(12-8-20)18-23-6-4-16-31-23)28-13-9-21(10-14-28)30-19-22-5-2-3-15-29-22;/h4,6,16,20-22H,2-3,5,7-15,17-19H2,1H3,(H,25,26);1H. The molecule has 0 bridgehead atoms. The molecule has 3 aliphatic rings. The zero-order valence-corrected chi connectivity index (χ0v) is 22.7. The highest BCUT2D eigenvalue weighted by Gasteiger charge is 2.25. The van der Waals surface area contributed by atoms with E-state index in [1.807, 2.05) is 18.4 Å². The molecule has 182 valence electrons. The molecule has 0 radical (unpaired) electrons. The van der Waals surface area contributed by atoms with Gasteiger partial charge in [0.1, 0.15) is 0 Å². The van der Waals surface area contributed by atoms with Crippen molar-refractivity contribution in [3.8, 4) is 0 Å². The molecule has 0 saturated carbocycles. The lowest BCUT2D eigenvalue weighted by atomic mass is 9.97. The second kappa shape index (κ2) is 14.1. The van der Waals surface area contributed by atoms with Crippen molar-refractivity contribution in [3.63, 3.8) is 0 Å². The van der Waals surface area contributed by atoms with Crippen LogP contribution in [-0.2, 0) is 16.0 Å². The minimum Gasteiger partial charge on any atom is -0.376 e. The first-order chi connectivity index (χ1) is 15.3. The summed E-state index contributed by atoms with van der Waals surface area (Å²) in [5, 5.41) is 5.84. The van der Waals surface area contributed by atoms with Crippen LogP contribution < -0.4 is 5.32 Å². The molecule has 4 heterocycles. The molecule has 1 unspecified atom stereocenters. The third-order valence-corrected chi connectivity index (χ3v) is 7.82. The fraction of sp³-hybridized carbons (Fsp3) is 0.792. The van der Waals surface area contributed by atoms with E-state index in [1.54, 1.807) is 0 Å². The number of hydrogen-bond donors (Lipinski definition) is 1. The van der Waals surface area contributed by atoms with Gasteiger partial charge in [-0.05, 0) is 75.4 Å². The molecule has 32 heavy (non-hydrogen) atoms. The molecule has 1 aromatic heterocycles. The summed E-state index contributed by atoms with van der Waals surface area (Å²) in [5.41, 5.74) is 0. The summed E-state index contributed by atoms with van der Waals surface area (Å²) in [6, 6.07) is 4.41. The Balaban J connectivity index is 0.00000289. The normalized spacial score (nSPS) is 24.3. The number of halogens is 1. The number of guanidine groups is 1. The van der Waals surface area contributed by atoms with E-state index in [0.717, 1.165) is 70.5 Å². The molecule has 0 amide bonds. The van der Waals surface area contributed by atoms with Crippen LogP contribution in [0.25, 0.3) is 0 Å². The molecular weight excluding hydrogens is 535 g/mol. The SMILES string of the molecule is CN=C(NCC1CCN(Cc2cccs2)CC1)N1CCC(OCC2CCCCO2)CC1.I. The fourth-order valence-corrected chi connectivity index (χ4v) is 5.70. The third kappa shape index (κ3) is 8.11. The Bertz CT molecular complexity index is 653. The van der Waals surface area contributed by atoms with Gasteiger partial charge in [0.2, 0.25) is 0 Å². The summed E-state index contributed by atoms with van der Waals surface area (Å²) >= 11 is 1.87. The van der Waals surface area contributed by atoms with Crippen LogP contribution in [-0.4, -0.2) is 81.0 Å². The number of nitrogens with one attached hydrogen (secondary N) is 1. The summed E-state index contributed by atoms with van der Waals surface area (Å²) in [6.07, 6.45) is 9.02. The van der Waals surface area contributed by atoms with Crippen molar-refractivity contribution in [1.29, 1.82) is 0 Å². The molecule has 0 spiro atoms. The lowest BCUT2D eigenvalue weighted by molar-refractivity contribution is -0.0721. The fourth-order valence-electron chi connectivity index (χ4n) is 4.96. The number of hydrogen-bond acceptors (Lipinski definition) is 5. The van der Waals surface area contributed by atoms with Gasteiger partial charge >= 0.3 is 0 Å². The number of likely N-dealkylation sites (tertiary alicyclic amines) is 2. The smallest absolute Gasteiger partial charge is 0.193 e. The van der Waals surface area contributed by atoms with Crippen LogP contribution in [0.1, 0.15) is 49.8 Å². The maximum Gasteiger partial charge on any atom is 0.193 e. The second-order valence-electron chi connectivity index (χ2n) is 9.24. The van der Waals surface area contributed by atoms with Crippen molar-refractivity contribution in [3.05, 3.63) is 22.4 Å². The number of thiophene rings is 1. The minimum atomic E-state index is 0. The van der Waals surface area contributed by atoms with E-state index in [-0.39, 0.29) is 24.0 Å². The maximum absolute atomic E-state index is 6.17. The average molecular weight is 577 g/mol. The monoisotopic (exact) mass is 576 g/mol. The van der Waals surface area contributed by atoms with E-state index < -0.39 is 0 Å². The highest BCUT2D eigenvalue weighted by atomic mass is 127. The van der Waals surface area contributed by atoms with E-state index in [0.29, 0.717) is 12.2 Å². The van der Waals surface area contributed by atoms with Crippen molar-refractivity contribution < 1.29 is 9.47 Å². The minimum absolute atomic E-state index is 0. The average Bonchev–Trinajstić information content (AvgIpc) is 3.34. The lowest BCUT2D eigenvalue weighted by Crippen LogP contribution is -2.49. The molecule has 6 nitrogen and oxygen atoms in total. The Kier molecular flexibility index (Phi) is 11.5. The topological polar surface area (TPSA) is 49.3 Å². The number of piperidine rings is 2. The van der Waals surface area contributed by atoms with Gasteiger partial charge in [0.15, 0.2) is 5.96 Å². The Labute approximate surface area is 215 Å². The Hall–Kier alpha value is -0.420. The molecule has 1 atom stereocenters. The van der Waals surface area contributed by atoms with Gasteiger partial charge in [-0.1, -0.05) is 6.07 Å². The predicted octanol–water partition coefficient (Wildman–Crippen LogP) is 4.20. The van der Waals surface area contributed by atoms with Gasteiger partial charge in [-0.3, -0.25) is 9.89 Å². The van der Waals surface area contributed by atoms with Crippen LogP contribution in [0.3, 0.4) is 0 Å². The molecule has 8 heteroatoms. The number of aliphatic imine (C=N–C) groups is 1. The second-order valence-corrected chi connectivity index (χ2v) is 10.3. The van der Waals surface area contributed by atoms with E-state index >= 15 is 0 Å². The first-order valence-electron chi connectivity index (χ1n) is 12.2. The van der Waals surface area contributed by atoms with Gasteiger partial charge < -0.3 is 19.7 Å². The number of ether oxygens (including phenoxy) is 2. The van der Waals surface area contributed by atoms with Crippen molar-refractivity contribution >= 4 is 41.3 Å². The van der Waals surface area contributed by atoms with Crippen LogP contribution in [0, 0.1) is 5.92 Å². The van der Waals surface area contributed by atoms with Gasteiger partial charge in [0.05, 0.1) is 18.8 Å². The van der Waals surface area contributed by atoms with Gasteiger partial charge in [-0.2, -0.15) is 0 Å². The van der Waals surface area contributed by atoms with Crippen LogP contribution in [0.15, 0.2) is 22.5 Å². The van der Waals surface area contributed by atoms with Crippen molar-refractivity contribution in [2.45, 2.75) is 63.7 Å². The molecule has 3 saturated heterocycles. The van der Waals surface area contributed by atoms with Crippen molar-refractivity contribution in [2.24, 2.45) is 10.9 Å². The zero-order chi connectivity index (χ0) is 21.3. The highest BCUT2D eigenvalue weighted by Crippen LogP contribution is 2.21. The lowest BCUT2D eigenvalue weighted by Gasteiger charge is -2.36. The van der Waals surface area contributed by atoms with Crippen LogP contribution >= 0.6 is 35.3 Å². The Morgan fingerprint density at radius 2 is 1.97 bits per heavy atom. The van der Waals surface area contributed by atoms with Crippen LogP contribution in [0.2, 0.25) is 0 Å². The van der Waals surface area contributed by atoms with E-state index in [9.17, 15) is 0 Å². The van der Waals surface area contributed by atoms with Gasteiger partial charge in [-0.15, -0.1) is 35.3 Å². The van der Waals surface area contributed by atoms with Gasteiger partial charge in [-0.25, -0.2) is 0 Å². The molecule has 3 aliphatic heterocycles. The van der Waals surface area contributed by atoms with Crippen molar-refractivity contribution in [2.75, 3.05) is 53.0 Å². The number of rotatable bonds is 7. The third-order valence-electron chi connectivity index (χ3n) is 6.96. The molecule has 1 aromatic rings. The first-order valence-corrected chi connectivity index (χ1v) is 13.1. The van der Waals surface area contributed by atoms with E-state index in [1.165, 1.54) is 43.6 Å². The summed E-state index contributed by atoms with van der Waals surface area (Å²) in [5.74, 6) is 1.81. The highest BCUT2D eigenvalue weighted by molar-refractivity contribution is 14.0.